The Morgan fingerprint density at radius 2 is 1.93 bits per heavy atom. The van der Waals surface area contributed by atoms with Crippen molar-refractivity contribution in [1.29, 1.82) is 0 Å². The number of tetrazole rings is 1. The van der Waals surface area contributed by atoms with E-state index >= 15 is 0 Å². The molecule has 0 fully saturated rings. The predicted octanol–water partition coefficient (Wildman–Crippen LogP) is 2.12. The molecule has 2 aromatic carbocycles. The number of ether oxygens (including phenoxy) is 1. The maximum absolute atomic E-state index is 12.5. The van der Waals surface area contributed by atoms with E-state index in [0.29, 0.717) is 24.6 Å². The molecule has 0 aliphatic heterocycles. The Kier molecular flexibility index (Phi) is 5.56. The fourth-order valence-electron chi connectivity index (χ4n) is 2.80. The molecule has 146 valence electrons. The van der Waals surface area contributed by atoms with Crippen LogP contribution in [0.4, 0.5) is 5.69 Å². The van der Waals surface area contributed by atoms with Crippen LogP contribution in [0.15, 0.2) is 73.6 Å². The predicted molar refractivity (Wildman–Crippen MR) is 106 cm³/mol. The first-order chi connectivity index (χ1) is 14.3. The molecule has 29 heavy (non-hydrogen) atoms. The number of rotatable bonds is 8. The van der Waals surface area contributed by atoms with Gasteiger partial charge in [-0.2, -0.15) is 0 Å². The molecule has 4 aromatic rings. The second kappa shape index (κ2) is 8.79. The Labute approximate surface area is 167 Å². The molecular formula is C20H19N7O2. The fraction of sp³-hybridized carbons (Fsp3) is 0.150. The number of anilines is 1. The molecule has 0 unspecified atom stereocenters. The number of nitrogens with one attached hydrogen (secondary N) is 1. The molecule has 0 aliphatic rings. The van der Waals surface area contributed by atoms with Gasteiger partial charge in [0.05, 0.1) is 30.7 Å². The SMILES string of the molecule is O=C(Cc1ccc(-n2cnnn2)cc1)Nc1ccccc1OCCn1ccnc1. The molecule has 2 heterocycles. The van der Waals surface area contributed by atoms with E-state index in [1.807, 2.05) is 59.3 Å². The number of benzene rings is 2. The van der Waals surface area contributed by atoms with Gasteiger partial charge in [-0.05, 0) is 40.3 Å². The van der Waals surface area contributed by atoms with Gasteiger partial charge in [-0.3, -0.25) is 4.79 Å². The number of hydrogen-bond donors (Lipinski definition) is 1. The zero-order valence-electron chi connectivity index (χ0n) is 15.5. The topological polar surface area (TPSA) is 99.8 Å². The average molecular weight is 389 g/mol. The third-order valence-electron chi connectivity index (χ3n) is 4.24. The summed E-state index contributed by atoms with van der Waals surface area (Å²) in [4.78, 5) is 16.5. The number of hydrogen-bond acceptors (Lipinski definition) is 6. The van der Waals surface area contributed by atoms with Crippen molar-refractivity contribution in [2.45, 2.75) is 13.0 Å². The van der Waals surface area contributed by atoms with Crippen LogP contribution in [0.3, 0.4) is 0 Å². The van der Waals surface area contributed by atoms with Crippen molar-refractivity contribution >= 4 is 11.6 Å². The van der Waals surface area contributed by atoms with Crippen molar-refractivity contribution in [2.75, 3.05) is 11.9 Å². The van der Waals surface area contributed by atoms with Crippen molar-refractivity contribution in [2.24, 2.45) is 0 Å². The minimum atomic E-state index is -0.120. The summed E-state index contributed by atoms with van der Waals surface area (Å²) in [6.07, 6.45) is 7.11. The van der Waals surface area contributed by atoms with E-state index in [0.717, 1.165) is 11.3 Å². The molecular weight excluding hydrogens is 370 g/mol. The fourth-order valence-corrected chi connectivity index (χ4v) is 2.80. The van der Waals surface area contributed by atoms with E-state index < -0.39 is 0 Å². The summed E-state index contributed by atoms with van der Waals surface area (Å²) in [5, 5.41) is 14.0. The van der Waals surface area contributed by atoms with Crippen molar-refractivity contribution in [3.8, 4) is 11.4 Å². The molecule has 2 aromatic heterocycles. The van der Waals surface area contributed by atoms with E-state index in [2.05, 4.69) is 25.8 Å². The lowest BCUT2D eigenvalue weighted by molar-refractivity contribution is -0.115. The lowest BCUT2D eigenvalue weighted by atomic mass is 10.1. The van der Waals surface area contributed by atoms with Gasteiger partial charge >= 0.3 is 0 Å². The zero-order chi connectivity index (χ0) is 19.9. The normalized spacial score (nSPS) is 10.6. The Morgan fingerprint density at radius 3 is 2.69 bits per heavy atom. The van der Waals surface area contributed by atoms with E-state index in [4.69, 9.17) is 4.74 Å². The van der Waals surface area contributed by atoms with Crippen LogP contribution >= 0.6 is 0 Å². The first-order valence-corrected chi connectivity index (χ1v) is 9.08. The molecule has 0 bridgehead atoms. The minimum absolute atomic E-state index is 0.120. The molecule has 9 heteroatoms. The third kappa shape index (κ3) is 4.83. The monoisotopic (exact) mass is 389 g/mol. The number of amides is 1. The summed E-state index contributed by atoms with van der Waals surface area (Å²) in [6, 6.07) is 14.9. The highest BCUT2D eigenvalue weighted by atomic mass is 16.5. The van der Waals surface area contributed by atoms with E-state index in [-0.39, 0.29) is 12.3 Å². The van der Waals surface area contributed by atoms with Crippen molar-refractivity contribution < 1.29 is 9.53 Å². The van der Waals surface area contributed by atoms with Crippen LogP contribution in [-0.4, -0.2) is 42.3 Å². The number of aromatic nitrogens is 6. The minimum Gasteiger partial charge on any atom is -0.490 e. The molecule has 1 N–H and O–H groups in total. The molecule has 0 spiro atoms. The summed E-state index contributed by atoms with van der Waals surface area (Å²) in [7, 11) is 0. The maximum Gasteiger partial charge on any atom is 0.228 e. The molecule has 0 saturated carbocycles. The van der Waals surface area contributed by atoms with E-state index in [1.165, 1.54) is 6.33 Å². The van der Waals surface area contributed by atoms with Crippen molar-refractivity contribution in [3.05, 3.63) is 79.1 Å². The summed E-state index contributed by atoms with van der Waals surface area (Å²) in [6.45, 7) is 1.15. The van der Waals surface area contributed by atoms with E-state index in [9.17, 15) is 4.79 Å². The lowest BCUT2D eigenvalue weighted by Crippen LogP contribution is -2.16. The van der Waals surface area contributed by atoms with Crippen LogP contribution < -0.4 is 10.1 Å². The van der Waals surface area contributed by atoms with Gasteiger partial charge in [0, 0.05) is 12.4 Å². The molecule has 0 atom stereocenters. The van der Waals surface area contributed by atoms with Gasteiger partial charge in [0.1, 0.15) is 18.7 Å². The second-order valence-corrected chi connectivity index (χ2v) is 6.29. The second-order valence-electron chi connectivity index (χ2n) is 6.29. The molecule has 0 saturated heterocycles. The van der Waals surface area contributed by atoms with Gasteiger partial charge in [0.2, 0.25) is 5.91 Å². The first kappa shape index (κ1) is 18.4. The van der Waals surface area contributed by atoms with E-state index in [1.54, 1.807) is 17.2 Å². The number of para-hydroxylation sites is 2. The van der Waals surface area contributed by atoms with Crippen LogP contribution in [0.5, 0.6) is 5.75 Å². The maximum atomic E-state index is 12.5. The van der Waals surface area contributed by atoms with Gasteiger partial charge in [-0.25, -0.2) is 9.67 Å². The molecule has 1 amide bonds. The Bertz CT molecular complexity index is 1040. The highest BCUT2D eigenvalue weighted by Crippen LogP contribution is 2.24. The van der Waals surface area contributed by atoms with Crippen LogP contribution in [-0.2, 0) is 17.8 Å². The Hall–Kier alpha value is -4.01. The van der Waals surface area contributed by atoms with Gasteiger partial charge in [0.15, 0.2) is 0 Å². The third-order valence-corrected chi connectivity index (χ3v) is 4.24. The van der Waals surface area contributed by atoms with Crippen LogP contribution in [0.1, 0.15) is 5.56 Å². The summed E-state index contributed by atoms with van der Waals surface area (Å²) in [5.74, 6) is 0.515. The summed E-state index contributed by atoms with van der Waals surface area (Å²) >= 11 is 0. The number of nitrogens with zero attached hydrogens (tertiary/aromatic N) is 6. The zero-order valence-corrected chi connectivity index (χ0v) is 15.5. The smallest absolute Gasteiger partial charge is 0.228 e. The van der Waals surface area contributed by atoms with Crippen LogP contribution in [0.25, 0.3) is 5.69 Å². The highest BCUT2D eigenvalue weighted by Gasteiger charge is 2.09. The van der Waals surface area contributed by atoms with Gasteiger partial charge in [-0.15, -0.1) is 5.10 Å². The summed E-state index contributed by atoms with van der Waals surface area (Å²) in [5.41, 5.74) is 2.36. The molecule has 9 nitrogen and oxygen atoms in total. The van der Waals surface area contributed by atoms with Gasteiger partial charge in [-0.1, -0.05) is 24.3 Å². The largest absolute Gasteiger partial charge is 0.490 e. The van der Waals surface area contributed by atoms with Crippen LogP contribution in [0.2, 0.25) is 0 Å². The standard InChI is InChI=1S/C20H19N7O2/c28-20(13-16-5-7-17(8-6-16)27-15-22-24-25-27)23-18-3-1-2-4-19(18)29-12-11-26-10-9-21-14-26/h1-10,14-15H,11-13H2,(H,23,28). The molecule has 0 aliphatic carbocycles. The quantitative estimate of drug-likeness (QED) is 0.495. The van der Waals surface area contributed by atoms with Gasteiger partial charge in [0.25, 0.3) is 0 Å². The lowest BCUT2D eigenvalue weighted by Gasteiger charge is -2.13. The summed E-state index contributed by atoms with van der Waals surface area (Å²) < 4.78 is 9.32. The van der Waals surface area contributed by atoms with Gasteiger partial charge < -0.3 is 14.6 Å². The Balaban J connectivity index is 1.34. The van der Waals surface area contributed by atoms with Crippen molar-refractivity contribution in [1.82, 2.24) is 29.8 Å². The number of carbonyl (C=O) groups excluding carboxylic acids is 1. The number of imidazole rings is 1. The molecule has 0 radical (unpaired) electrons. The highest BCUT2D eigenvalue weighted by molar-refractivity contribution is 5.93. The molecule has 4 rings (SSSR count). The first-order valence-electron chi connectivity index (χ1n) is 9.08. The van der Waals surface area contributed by atoms with Crippen molar-refractivity contribution in [3.63, 3.8) is 0 Å². The average Bonchev–Trinajstić information content (AvgIpc) is 3.44. The Morgan fingerprint density at radius 1 is 1.07 bits per heavy atom. The van der Waals surface area contributed by atoms with Crippen LogP contribution in [0, 0.1) is 0 Å². The number of carbonyl (C=O) groups is 1.